The third-order valence-corrected chi connectivity index (χ3v) is 5.42. The molecule has 0 unspecified atom stereocenters. The number of aryl methyl sites for hydroxylation is 1. The number of hydrogen-bond acceptors (Lipinski definition) is 3. The number of benzene rings is 1. The molecule has 130 valence electrons. The zero-order valence-corrected chi connectivity index (χ0v) is 15.4. The molecule has 2 aliphatic carbocycles. The average Bonchev–Trinajstić information content (AvgIpc) is 3.24. The van der Waals surface area contributed by atoms with Gasteiger partial charge in [0.15, 0.2) is 0 Å². The molecule has 1 amide bonds. The first-order chi connectivity index (χ1) is 11.4. The van der Waals surface area contributed by atoms with Crippen LogP contribution >= 0.6 is 15.9 Å². The molecule has 1 aromatic rings. The monoisotopic (exact) mass is 394 g/mol. The van der Waals surface area contributed by atoms with E-state index in [1.165, 1.54) is 12.8 Å². The molecule has 0 saturated heterocycles. The quantitative estimate of drug-likeness (QED) is 0.745. The number of hydrogen-bond donors (Lipinski definition) is 2. The minimum absolute atomic E-state index is 0.0459. The molecule has 0 atom stereocenters. The zero-order valence-electron chi connectivity index (χ0n) is 13.8. The van der Waals surface area contributed by atoms with Crippen LogP contribution in [0.3, 0.4) is 0 Å². The van der Waals surface area contributed by atoms with Gasteiger partial charge < -0.3 is 10.4 Å². The molecule has 0 aromatic heterocycles. The number of carbonyl (C=O) groups is 2. The highest BCUT2D eigenvalue weighted by Gasteiger charge is 2.37. The van der Waals surface area contributed by atoms with Gasteiger partial charge in [0, 0.05) is 28.7 Å². The van der Waals surface area contributed by atoms with Gasteiger partial charge in [0.2, 0.25) is 0 Å². The van der Waals surface area contributed by atoms with Gasteiger partial charge in [-0.25, -0.2) is 0 Å². The topological polar surface area (TPSA) is 69.6 Å². The Morgan fingerprint density at radius 2 is 2.04 bits per heavy atom. The molecule has 0 aliphatic heterocycles. The van der Waals surface area contributed by atoms with Crippen LogP contribution in [0.25, 0.3) is 0 Å². The number of amides is 1. The molecule has 24 heavy (non-hydrogen) atoms. The van der Waals surface area contributed by atoms with Gasteiger partial charge in [-0.2, -0.15) is 0 Å². The second-order valence-corrected chi connectivity index (χ2v) is 7.94. The Morgan fingerprint density at radius 3 is 2.62 bits per heavy atom. The second kappa shape index (κ2) is 7.23. The number of carboxylic acids is 1. The maximum Gasteiger partial charge on any atom is 0.317 e. The van der Waals surface area contributed by atoms with Crippen molar-refractivity contribution in [3.63, 3.8) is 0 Å². The Bertz CT molecular complexity index is 639. The minimum Gasteiger partial charge on any atom is -0.480 e. The maximum atomic E-state index is 12.4. The summed E-state index contributed by atoms with van der Waals surface area (Å²) in [6, 6.07) is 6.05. The lowest BCUT2D eigenvalue weighted by atomic mass is 9.85. The molecule has 2 fully saturated rings. The van der Waals surface area contributed by atoms with Crippen molar-refractivity contribution in [1.29, 1.82) is 0 Å². The summed E-state index contributed by atoms with van der Waals surface area (Å²) in [5.74, 6) is -0.146. The zero-order chi connectivity index (χ0) is 17.3. The van der Waals surface area contributed by atoms with E-state index in [0.717, 1.165) is 29.4 Å². The van der Waals surface area contributed by atoms with Crippen LogP contribution in [0.5, 0.6) is 0 Å². The Kier molecular flexibility index (Phi) is 5.25. The van der Waals surface area contributed by atoms with Crippen LogP contribution in [-0.2, 0) is 4.79 Å². The van der Waals surface area contributed by atoms with E-state index in [4.69, 9.17) is 5.11 Å². The van der Waals surface area contributed by atoms with E-state index in [2.05, 4.69) is 26.1 Å². The molecule has 2 aliphatic rings. The SMILES string of the molecule is Cc1cc(Br)ccc1C(=O)NC1CC(N(CC(=O)O)CC2CC2)C1. The predicted octanol–water partition coefficient (Wildman–Crippen LogP) is 2.81. The fraction of sp³-hybridized carbons (Fsp3) is 0.556. The van der Waals surface area contributed by atoms with Crippen LogP contribution in [0.15, 0.2) is 22.7 Å². The summed E-state index contributed by atoms with van der Waals surface area (Å²) in [7, 11) is 0. The van der Waals surface area contributed by atoms with Crippen molar-refractivity contribution in [2.24, 2.45) is 5.92 Å². The molecule has 5 nitrogen and oxygen atoms in total. The van der Waals surface area contributed by atoms with Crippen molar-refractivity contribution in [2.45, 2.75) is 44.7 Å². The smallest absolute Gasteiger partial charge is 0.317 e. The Balaban J connectivity index is 1.51. The lowest BCUT2D eigenvalue weighted by Crippen LogP contribution is -2.55. The first-order valence-electron chi connectivity index (χ1n) is 8.45. The third-order valence-electron chi connectivity index (χ3n) is 4.93. The summed E-state index contributed by atoms with van der Waals surface area (Å²) in [5.41, 5.74) is 1.64. The van der Waals surface area contributed by atoms with Crippen molar-refractivity contribution >= 4 is 27.8 Å². The van der Waals surface area contributed by atoms with Gasteiger partial charge in [-0.3, -0.25) is 14.5 Å². The van der Waals surface area contributed by atoms with Crippen molar-refractivity contribution in [1.82, 2.24) is 10.2 Å². The normalized spacial score (nSPS) is 23.0. The van der Waals surface area contributed by atoms with Gasteiger partial charge in [0.05, 0.1) is 6.54 Å². The van der Waals surface area contributed by atoms with Gasteiger partial charge in [-0.05, 0) is 62.3 Å². The molecule has 0 spiro atoms. The molecule has 0 heterocycles. The van der Waals surface area contributed by atoms with Crippen LogP contribution in [0.2, 0.25) is 0 Å². The highest BCUT2D eigenvalue weighted by molar-refractivity contribution is 9.10. The molecule has 0 bridgehead atoms. The van der Waals surface area contributed by atoms with E-state index < -0.39 is 5.97 Å². The first-order valence-corrected chi connectivity index (χ1v) is 9.24. The van der Waals surface area contributed by atoms with E-state index >= 15 is 0 Å². The number of carbonyl (C=O) groups excluding carboxylic acids is 1. The van der Waals surface area contributed by atoms with Crippen LogP contribution in [0, 0.1) is 12.8 Å². The minimum atomic E-state index is -0.770. The third kappa shape index (κ3) is 4.36. The van der Waals surface area contributed by atoms with Crippen LogP contribution in [0.1, 0.15) is 41.6 Å². The van der Waals surface area contributed by atoms with Gasteiger partial charge in [0.1, 0.15) is 0 Å². The summed E-state index contributed by atoms with van der Waals surface area (Å²) >= 11 is 3.40. The van der Waals surface area contributed by atoms with Crippen LogP contribution in [0.4, 0.5) is 0 Å². The average molecular weight is 395 g/mol. The number of rotatable bonds is 7. The molecule has 3 rings (SSSR count). The van der Waals surface area contributed by atoms with E-state index in [1.54, 1.807) is 0 Å². The van der Waals surface area contributed by atoms with E-state index in [1.807, 2.05) is 25.1 Å². The van der Waals surface area contributed by atoms with E-state index in [9.17, 15) is 9.59 Å². The number of carboxylic acid groups (broad SMARTS) is 1. The fourth-order valence-electron chi connectivity index (χ4n) is 3.30. The summed E-state index contributed by atoms with van der Waals surface area (Å²) in [5, 5.41) is 12.2. The second-order valence-electron chi connectivity index (χ2n) is 7.02. The van der Waals surface area contributed by atoms with Gasteiger partial charge in [0.25, 0.3) is 5.91 Å². The molecular weight excluding hydrogens is 372 g/mol. The van der Waals surface area contributed by atoms with Gasteiger partial charge in [-0.1, -0.05) is 15.9 Å². The van der Waals surface area contributed by atoms with Crippen LogP contribution < -0.4 is 5.32 Å². The largest absolute Gasteiger partial charge is 0.480 e. The fourth-order valence-corrected chi connectivity index (χ4v) is 3.77. The maximum absolute atomic E-state index is 12.4. The molecule has 0 radical (unpaired) electrons. The Labute approximate surface area is 150 Å². The van der Waals surface area contributed by atoms with Crippen molar-refractivity contribution in [3.8, 4) is 0 Å². The summed E-state index contributed by atoms with van der Waals surface area (Å²) < 4.78 is 0.963. The predicted molar refractivity (Wildman–Crippen MR) is 95.1 cm³/mol. The van der Waals surface area contributed by atoms with Gasteiger partial charge >= 0.3 is 5.97 Å². The van der Waals surface area contributed by atoms with Crippen molar-refractivity contribution in [3.05, 3.63) is 33.8 Å². The highest BCUT2D eigenvalue weighted by Crippen LogP contribution is 2.33. The van der Waals surface area contributed by atoms with Crippen LogP contribution in [-0.4, -0.2) is 47.1 Å². The first kappa shape index (κ1) is 17.4. The summed E-state index contributed by atoms with van der Waals surface area (Å²) in [4.78, 5) is 25.5. The number of aliphatic carboxylic acids is 1. The molecule has 1 aromatic carbocycles. The lowest BCUT2D eigenvalue weighted by molar-refractivity contribution is -0.139. The molecule has 6 heteroatoms. The van der Waals surface area contributed by atoms with Crippen molar-refractivity contribution in [2.75, 3.05) is 13.1 Å². The number of nitrogens with one attached hydrogen (secondary N) is 1. The highest BCUT2D eigenvalue weighted by atomic mass is 79.9. The number of nitrogens with zero attached hydrogens (tertiary/aromatic N) is 1. The van der Waals surface area contributed by atoms with E-state index in [0.29, 0.717) is 11.5 Å². The van der Waals surface area contributed by atoms with Crippen molar-refractivity contribution < 1.29 is 14.7 Å². The molecule has 2 N–H and O–H groups in total. The molecule has 2 saturated carbocycles. The standard InChI is InChI=1S/C18H23BrN2O3/c1-11-6-13(19)4-5-16(11)18(24)20-14-7-15(8-14)21(10-17(22)23)9-12-2-3-12/h4-6,12,14-15H,2-3,7-10H2,1H3,(H,20,24)(H,22,23). The number of halogens is 1. The summed E-state index contributed by atoms with van der Waals surface area (Å²) in [6.07, 6.45) is 4.10. The Morgan fingerprint density at radius 1 is 1.33 bits per heavy atom. The Hall–Kier alpha value is -1.40. The van der Waals surface area contributed by atoms with Gasteiger partial charge in [-0.15, -0.1) is 0 Å². The summed E-state index contributed by atoms with van der Waals surface area (Å²) in [6.45, 7) is 2.91. The molecular formula is C18H23BrN2O3. The van der Waals surface area contributed by atoms with E-state index in [-0.39, 0.29) is 24.5 Å². The lowest BCUT2D eigenvalue weighted by Gasteiger charge is -2.42.